The standard InChI is InChI=1S/C21H31N3O3S/c1-21(2,3)16-11-9-15(10-12-16)20(25)23-17-6-4-7-18(14-17)28(26,27)24-19-8-5-13-22-19/h4,6-7,14-16H,5,8-13H2,1-3H3,(H,22,24)(H,23,25). The maximum Gasteiger partial charge on any atom is 0.262 e. The number of benzene rings is 1. The molecule has 0 spiro atoms. The van der Waals surface area contributed by atoms with Gasteiger partial charge in [-0.1, -0.05) is 26.8 Å². The van der Waals surface area contributed by atoms with E-state index in [9.17, 15) is 13.2 Å². The second-order valence-corrected chi connectivity index (χ2v) is 10.7. The number of rotatable bonds is 4. The van der Waals surface area contributed by atoms with Crippen LogP contribution < -0.4 is 10.0 Å². The van der Waals surface area contributed by atoms with Crippen molar-refractivity contribution < 1.29 is 13.2 Å². The van der Waals surface area contributed by atoms with Gasteiger partial charge in [-0.3, -0.25) is 14.5 Å². The molecule has 1 aliphatic carbocycles. The number of anilines is 1. The van der Waals surface area contributed by atoms with E-state index in [1.54, 1.807) is 12.1 Å². The topological polar surface area (TPSA) is 87.6 Å². The normalized spacial score (nSPS) is 23.2. The van der Waals surface area contributed by atoms with Gasteiger partial charge in [-0.2, -0.15) is 0 Å². The fourth-order valence-corrected chi connectivity index (χ4v) is 5.18. The molecule has 1 saturated carbocycles. The maximum absolute atomic E-state index is 12.7. The van der Waals surface area contributed by atoms with Gasteiger partial charge in [-0.25, -0.2) is 8.42 Å². The lowest BCUT2D eigenvalue weighted by Gasteiger charge is -2.36. The van der Waals surface area contributed by atoms with Gasteiger partial charge in [0.15, 0.2) is 0 Å². The van der Waals surface area contributed by atoms with Gasteiger partial charge in [0.05, 0.1) is 4.90 Å². The predicted octanol–water partition coefficient (Wildman–Crippen LogP) is 3.95. The molecule has 1 aliphatic heterocycles. The minimum Gasteiger partial charge on any atom is -0.326 e. The van der Waals surface area contributed by atoms with Gasteiger partial charge in [0.1, 0.15) is 5.84 Å². The van der Waals surface area contributed by atoms with E-state index in [4.69, 9.17) is 0 Å². The fourth-order valence-electron chi connectivity index (χ4n) is 4.04. The third-order valence-corrected chi connectivity index (χ3v) is 7.24. The lowest BCUT2D eigenvalue weighted by Crippen LogP contribution is -2.31. The highest BCUT2D eigenvalue weighted by atomic mass is 32.2. The molecule has 28 heavy (non-hydrogen) atoms. The third kappa shape index (κ3) is 5.13. The number of sulfonamides is 1. The molecule has 154 valence electrons. The monoisotopic (exact) mass is 405 g/mol. The number of nitrogens with zero attached hydrogens (tertiary/aromatic N) is 1. The zero-order chi connectivity index (χ0) is 20.4. The Balaban J connectivity index is 1.62. The Bertz CT molecular complexity index is 848. The molecule has 1 aromatic rings. The van der Waals surface area contributed by atoms with Crippen molar-refractivity contribution in [3.05, 3.63) is 24.3 Å². The number of aliphatic imine (C=N–C) groups is 1. The predicted molar refractivity (Wildman–Crippen MR) is 112 cm³/mol. The highest BCUT2D eigenvalue weighted by Crippen LogP contribution is 2.40. The second-order valence-electron chi connectivity index (χ2n) is 8.97. The van der Waals surface area contributed by atoms with Gasteiger partial charge in [0, 0.05) is 24.6 Å². The number of amidine groups is 1. The first kappa shape index (κ1) is 20.8. The molecule has 0 aromatic heterocycles. The summed E-state index contributed by atoms with van der Waals surface area (Å²) >= 11 is 0. The lowest BCUT2D eigenvalue weighted by atomic mass is 9.69. The van der Waals surface area contributed by atoms with Gasteiger partial charge in [-0.05, 0) is 61.6 Å². The lowest BCUT2D eigenvalue weighted by molar-refractivity contribution is -0.121. The molecular weight excluding hydrogens is 374 g/mol. The van der Waals surface area contributed by atoms with Crippen molar-refractivity contribution in [3.8, 4) is 0 Å². The van der Waals surface area contributed by atoms with E-state index in [1.807, 2.05) is 0 Å². The van der Waals surface area contributed by atoms with Gasteiger partial charge < -0.3 is 5.32 Å². The van der Waals surface area contributed by atoms with Crippen molar-refractivity contribution >= 4 is 27.5 Å². The molecule has 6 nitrogen and oxygen atoms in total. The fraction of sp³-hybridized carbons (Fsp3) is 0.619. The second kappa shape index (κ2) is 8.23. The zero-order valence-electron chi connectivity index (χ0n) is 17.0. The Hall–Kier alpha value is -1.89. The van der Waals surface area contributed by atoms with Crippen LogP contribution in [0.2, 0.25) is 0 Å². The first-order valence-corrected chi connectivity index (χ1v) is 11.6. The van der Waals surface area contributed by atoms with Crippen LogP contribution in [0.5, 0.6) is 0 Å². The molecule has 3 rings (SSSR count). The first-order chi connectivity index (χ1) is 13.1. The Morgan fingerprint density at radius 3 is 2.46 bits per heavy atom. The van der Waals surface area contributed by atoms with Crippen molar-refractivity contribution in [1.82, 2.24) is 4.72 Å². The zero-order valence-corrected chi connectivity index (χ0v) is 17.8. The molecule has 1 heterocycles. The summed E-state index contributed by atoms with van der Waals surface area (Å²) < 4.78 is 27.7. The van der Waals surface area contributed by atoms with E-state index in [-0.39, 0.29) is 22.1 Å². The minimum atomic E-state index is -3.68. The molecule has 0 atom stereocenters. The SMILES string of the molecule is CC(C)(C)C1CCC(C(=O)Nc2cccc(S(=O)(=O)NC3=NCCC3)c2)CC1. The first-order valence-electron chi connectivity index (χ1n) is 10.1. The van der Waals surface area contributed by atoms with Crippen LogP contribution in [0.1, 0.15) is 59.3 Å². The van der Waals surface area contributed by atoms with Crippen LogP contribution in [0.4, 0.5) is 5.69 Å². The van der Waals surface area contributed by atoms with Crippen LogP contribution in [-0.2, 0) is 14.8 Å². The van der Waals surface area contributed by atoms with E-state index in [1.165, 1.54) is 12.1 Å². The van der Waals surface area contributed by atoms with Gasteiger partial charge in [0.25, 0.3) is 10.0 Å². The Morgan fingerprint density at radius 1 is 1.14 bits per heavy atom. The number of amides is 1. The number of hydrogen-bond donors (Lipinski definition) is 2. The van der Waals surface area contributed by atoms with Crippen molar-refractivity contribution in [2.45, 2.75) is 64.2 Å². The van der Waals surface area contributed by atoms with Crippen LogP contribution in [0.3, 0.4) is 0 Å². The summed E-state index contributed by atoms with van der Waals surface area (Å²) in [6.45, 7) is 7.44. The Kier molecular flexibility index (Phi) is 6.12. The molecule has 0 bridgehead atoms. The van der Waals surface area contributed by atoms with Crippen LogP contribution in [0, 0.1) is 17.3 Å². The number of nitrogens with one attached hydrogen (secondary N) is 2. The highest BCUT2D eigenvalue weighted by Gasteiger charge is 2.32. The number of hydrogen-bond acceptors (Lipinski definition) is 4. The van der Waals surface area contributed by atoms with Gasteiger partial charge in [-0.15, -0.1) is 0 Å². The largest absolute Gasteiger partial charge is 0.326 e. The van der Waals surface area contributed by atoms with Crippen LogP contribution in [0.25, 0.3) is 0 Å². The van der Waals surface area contributed by atoms with Gasteiger partial charge in [0.2, 0.25) is 5.91 Å². The molecule has 2 N–H and O–H groups in total. The Morgan fingerprint density at radius 2 is 1.86 bits per heavy atom. The van der Waals surface area contributed by atoms with Crippen LogP contribution in [0.15, 0.2) is 34.2 Å². The molecule has 0 radical (unpaired) electrons. The molecule has 1 aromatic carbocycles. The molecule has 1 amide bonds. The molecule has 0 unspecified atom stereocenters. The van der Waals surface area contributed by atoms with Crippen LogP contribution in [-0.4, -0.2) is 26.7 Å². The summed E-state index contributed by atoms with van der Waals surface area (Å²) in [5.41, 5.74) is 0.792. The molecule has 2 aliphatic rings. The van der Waals surface area contributed by atoms with Gasteiger partial charge >= 0.3 is 0 Å². The summed E-state index contributed by atoms with van der Waals surface area (Å²) in [6, 6.07) is 6.42. The minimum absolute atomic E-state index is 0.00941. The summed E-state index contributed by atoms with van der Waals surface area (Å²) in [6.07, 6.45) is 5.39. The average Bonchev–Trinajstić information content (AvgIpc) is 3.13. The Labute approximate surface area is 168 Å². The smallest absolute Gasteiger partial charge is 0.262 e. The highest BCUT2D eigenvalue weighted by molar-refractivity contribution is 7.90. The third-order valence-electron chi connectivity index (χ3n) is 5.86. The summed E-state index contributed by atoms with van der Waals surface area (Å²) in [5, 5.41) is 2.91. The van der Waals surface area contributed by atoms with Crippen molar-refractivity contribution in [2.75, 3.05) is 11.9 Å². The van der Waals surface area contributed by atoms with Crippen molar-refractivity contribution in [3.63, 3.8) is 0 Å². The quantitative estimate of drug-likeness (QED) is 0.795. The number of carbonyl (C=O) groups is 1. The summed E-state index contributed by atoms with van der Waals surface area (Å²) in [4.78, 5) is 17.0. The van der Waals surface area contributed by atoms with E-state index in [0.717, 1.165) is 32.1 Å². The molecule has 1 fully saturated rings. The van der Waals surface area contributed by atoms with Crippen LogP contribution >= 0.6 is 0 Å². The van der Waals surface area contributed by atoms with E-state index >= 15 is 0 Å². The maximum atomic E-state index is 12.7. The average molecular weight is 406 g/mol. The van der Waals surface area contributed by atoms with Crippen molar-refractivity contribution in [1.29, 1.82) is 0 Å². The van der Waals surface area contributed by atoms with E-state index in [2.05, 4.69) is 35.8 Å². The van der Waals surface area contributed by atoms with E-state index in [0.29, 0.717) is 30.4 Å². The summed E-state index contributed by atoms with van der Waals surface area (Å²) in [5.74, 6) is 1.12. The molecular formula is C21H31N3O3S. The van der Waals surface area contributed by atoms with Crippen molar-refractivity contribution in [2.24, 2.45) is 22.2 Å². The molecule has 0 saturated heterocycles. The summed E-state index contributed by atoms with van der Waals surface area (Å²) in [7, 11) is -3.68. The number of carbonyl (C=O) groups excluding carboxylic acids is 1. The molecule has 7 heteroatoms. The van der Waals surface area contributed by atoms with E-state index < -0.39 is 10.0 Å².